The standard InChI is InChI=1S/C5H7BrN2O2S/c1-2-7-5-8-4(6)3-11(5,9)10/h3H,2H2,1H3,(H,7,8). The van der Waals surface area contributed by atoms with Crippen molar-refractivity contribution in [2.24, 2.45) is 4.99 Å². The average molecular weight is 239 g/mol. The van der Waals surface area contributed by atoms with Crippen LogP contribution in [0, 0.1) is 0 Å². The van der Waals surface area contributed by atoms with Gasteiger partial charge < -0.3 is 5.32 Å². The van der Waals surface area contributed by atoms with E-state index in [0.29, 0.717) is 11.2 Å². The highest BCUT2D eigenvalue weighted by molar-refractivity contribution is 9.11. The molecule has 1 heterocycles. The summed E-state index contributed by atoms with van der Waals surface area (Å²) in [6.45, 7) is 2.23. The Bertz CT molecular complexity index is 317. The van der Waals surface area contributed by atoms with Crippen LogP contribution in [0.3, 0.4) is 0 Å². The Hall–Kier alpha value is -0.360. The minimum atomic E-state index is -3.27. The molecule has 1 N–H and O–H groups in total. The normalized spacial score (nSPS) is 24.9. The number of rotatable bonds is 1. The quantitative estimate of drug-likeness (QED) is 0.680. The Morgan fingerprint density at radius 1 is 1.73 bits per heavy atom. The summed E-state index contributed by atoms with van der Waals surface area (Å²) in [5, 5.41) is 3.70. The Morgan fingerprint density at radius 3 is 2.73 bits per heavy atom. The lowest BCUT2D eigenvalue weighted by molar-refractivity contribution is 0.615. The minimum Gasteiger partial charge on any atom is -0.324 e. The van der Waals surface area contributed by atoms with E-state index in [9.17, 15) is 8.42 Å². The van der Waals surface area contributed by atoms with Crippen LogP contribution in [-0.4, -0.2) is 20.1 Å². The molecule has 0 spiro atoms. The third-order valence-corrected chi connectivity index (χ3v) is 3.10. The van der Waals surface area contributed by atoms with Crippen molar-refractivity contribution >= 4 is 30.9 Å². The molecule has 1 aliphatic rings. The van der Waals surface area contributed by atoms with Crippen LogP contribution in [0.4, 0.5) is 0 Å². The van der Waals surface area contributed by atoms with Gasteiger partial charge in [-0.25, -0.2) is 8.42 Å². The number of sulfone groups is 1. The van der Waals surface area contributed by atoms with Crippen LogP contribution < -0.4 is 5.32 Å². The average Bonchev–Trinajstić information content (AvgIpc) is 2.07. The molecule has 6 heteroatoms. The summed E-state index contributed by atoms with van der Waals surface area (Å²) in [5.41, 5.74) is 0. The molecule has 0 aromatic carbocycles. The van der Waals surface area contributed by atoms with Crippen LogP contribution in [-0.2, 0) is 9.84 Å². The largest absolute Gasteiger partial charge is 0.324 e. The maximum Gasteiger partial charge on any atom is 0.235 e. The van der Waals surface area contributed by atoms with Gasteiger partial charge in [-0.1, -0.05) is 0 Å². The van der Waals surface area contributed by atoms with E-state index in [1.165, 1.54) is 0 Å². The van der Waals surface area contributed by atoms with Gasteiger partial charge in [0.2, 0.25) is 15.0 Å². The lowest BCUT2D eigenvalue weighted by Gasteiger charge is -1.95. The predicted octanol–water partition coefficient (Wildman–Crippen LogP) is 0.574. The molecule has 0 bridgehead atoms. The fourth-order valence-corrected chi connectivity index (χ4v) is 2.73. The van der Waals surface area contributed by atoms with Crippen molar-refractivity contribution in [2.75, 3.05) is 6.54 Å². The summed E-state index contributed by atoms with van der Waals surface area (Å²) in [7, 11) is -3.27. The molecule has 0 aromatic rings. The fourth-order valence-electron chi connectivity index (χ4n) is 0.668. The summed E-state index contributed by atoms with van der Waals surface area (Å²) < 4.78 is 22.6. The van der Waals surface area contributed by atoms with Crippen molar-refractivity contribution < 1.29 is 8.42 Å². The van der Waals surface area contributed by atoms with E-state index in [-0.39, 0.29) is 5.17 Å². The van der Waals surface area contributed by atoms with E-state index in [2.05, 4.69) is 26.2 Å². The molecule has 0 amide bonds. The fraction of sp³-hybridized carbons (Fsp3) is 0.400. The summed E-state index contributed by atoms with van der Waals surface area (Å²) >= 11 is 3.01. The first-order valence-corrected chi connectivity index (χ1v) is 5.34. The Labute approximate surface area is 73.4 Å². The third kappa shape index (κ3) is 1.81. The number of nitrogens with one attached hydrogen (secondary N) is 1. The molecule has 11 heavy (non-hydrogen) atoms. The van der Waals surface area contributed by atoms with Gasteiger partial charge in [0.05, 0.1) is 10.0 Å². The van der Waals surface area contributed by atoms with E-state index in [1.807, 2.05) is 0 Å². The number of hydrogen-bond donors (Lipinski definition) is 1. The van der Waals surface area contributed by atoms with Gasteiger partial charge in [-0.2, -0.15) is 0 Å². The van der Waals surface area contributed by atoms with E-state index < -0.39 is 9.84 Å². The smallest absolute Gasteiger partial charge is 0.235 e. The van der Waals surface area contributed by atoms with Crippen LogP contribution in [0.25, 0.3) is 0 Å². The highest BCUT2D eigenvalue weighted by atomic mass is 79.9. The summed E-state index contributed by atoms with van der Waals surface area (Å²) in [6, 6.07) is 0. The number of halogens is 1. The van der Waals surface area contributed by atoms with Crippen molar-refractivity contribution in [2.45, 2.75) is 6.92 Å². The second-order valence-electron chi connectivity index (χ2n) is 1.92. The van der Waals surface area contributed by atoms with Crippen molar-refractivity contribution in [3.8, 4) is 0 Å². The zero-order valence-corrected chi connectivity index (χ0v) is 8.24. The second-order valence-corrected chi connectivity index (χ2v) is 4.48. The number of amidine groups is 1. The maximum atomic E-state index is 11.1. The van der Waals surface area contributed by atoms with Crippen molar-refractivity contribution in [3.05, 3.63) is 10.0 Å². The van der Waals surface area contributed by atoms with Gasteiger partial charge in [-0.15, -0.1) is 0 Å². The molecule has 0 radical (unpaired) electrons. The minimum absolute atomic E-state index is 0.0203. The monoisotopic (exact) mass is 238 g/mol. The number of nitrogens with zero attached hydrogens (tertiary/aromatic N) is 1. The summed E-state index contributed by atoms with van der Waals surface area (Å²) in [6.07, 6.45) is 0. The van der Waals surface area contributed by atoms with E-state index in [0.717, 1.165) is 5.41 Å². The lowest BCUT2D eigenvalue weighted by Crippen LogP contribution is -2.20. The second kappa shape index (κ2) is 2.94. The molecule has 0 saturated heterocycles. The third-order valence-electron chi connectivity index (χ3n) is 1.06. The van der Waals surface area contributed by atoms with Crippen molar-refractivity contribution in [1.29, 1.82) is 0 Å². The highest BCUT2D eigenvalue weighted by Crippen LogP contribution is 2.13. The van der Waals surface area contributed by atoms with Crippen LogP contribution >= 0.6 is 15.9 Å². The van der Waals surface area contributed by atoms with Gasteiger partial charge in [-0.05, 0) is 22.9 Å². The summed E-state index contributed by atoms with van der Waals surface area (Å²) in [4.78, 5) is 3.76. The molecule has 62 valence electrons. The van der Waals surface area contributed by atoms with E-state index in [4.69, 9.17) is 0 Å². The van der Waals surface area contributed by atoms with Gasteiger partial charge >= 0.3 is 0 Å². The Kier molecular flexibility index (Phi) is 2.34. The predicted molar refractivity (Wildman–Crippen MR) is 47.0 cm³/mol. The first kappa shape index (κ1) is 8.73. The van der Waals surface area contributed by atoms with E-state index >= 15 is 0 Å². The molecule has 0 unspecified atom stereocenters. The Morgan fingerprint density at radius 2 is 2.36 bits per heavy atom. The van der Waals surface area contributed by atoms with Crippen molar-refractivity contribution in [1.82, 2.24) is 5.32 Å². The van der Waals surface area contributed by atoms with Crippen LogP contribution in [0.5, 0.6) is 0 Å². The van der Waals surface area contributed by atoms with Crippen molar-refractivity contribution in [3.63, 3.8) is 0 Å². The molecule has 0 aromatic heterocycles. The van der Waals surface area contributed by atoms with Gasteiger partial charge in [0.25, 0.3) is 0 Å². The zero-order valence-electron chi connectivity index (χ0n) is 5.83. The van der Waals surface area contributed by atoms with Crippen LogP contribution in [0.1, 0.15) is 6.92 Å². The highest BCUT2D eigenvalue weighted by Gasteiger charge is 2.24. The molecule has 1 aliphatic heterocycles. The zero-order chi connectivity index (χ0) is 8.48. The first-order chi connectivity index (χ1) is 5.06. The van der Waals surface area contributed by atoms with Gasteiger partial charge in [-0.3, -0.25) is 4.99 Å². The van der Waals surface area contributed by atoms with Crippen LogP contribution in [0.2, 0.25) is 0 Å². The maximum absolute atomic E-state index is 11.1. The molecule has 0 atom stereocenters. The van der Waals surface area contributed by atoms with Crippen LogP contribution in [0.15, 0.2) is 15.0 Å². The number of hydrogen-bond acceptors (Lipinski definition) is 3. The molecule has 0 fully saturated rings. The Balaban J connectivity index is 3.04. The SMILES string of the molecule is CCN=C1NC(Br)=CS1(=O)=O. The lowest BCUT2D eigenvalue weighted by atomic mass is 10.8. The molecular formula is C5H7BrN2O2S. The molecule has 0 aliphatic carbocycles. The topological polar surface area (TPSA) is 58.5 Å². The molecule has 0 saturated carbocycles. The molecule has 1 rings (SSSR count). The van der Waals surface area contributed by atoms with Gasteiger partial charge in [0.1, 0.15) is 0 Å². The summed E-state index contributed by atoms with van der Waals surface area (Å²) in [5.74, 6) is 0. The molecular weight excluding hydrogens is 232 g/mol. The van der Waals surface area contributed by atoms with E-state index in [1.54, 1.807) is 6.92 Å². The molecule has 4 nitrogen and oxygen atoms in total. The van der Waals surface area contributed by atoms with Gasteiger partial charge in [0, 0.05) is 6.54 Å². The van der Waals surface area contributed by atoms with Gasteiger partial charge in [0.15, 0.2) is 0 Å². The number of aliphatic imine (C=N–C) groups is 1. The first-order valence-electron chi connectivity index (χ1n) is 3.00.